The second-order valence-corrected chi connectivity index (χ2v) is 5.87. The van der Waals surface area contributed by atoms with Crippen molar-refractivity contribution in [3.05, 3.63) is 0 Å². The molecule has 0 bridgehead atoms. The summed E-state index contributed by atoms with van der Waals surface area (Å²) in [7, 11) is 1.29. The van der Waals surface area contributed by atoms with Crippen LogP contribution in [0.3, 0.4) is 0 Å². The fourth-order valence-corrected chi connectivity index (χ4v) is 2.13. The second-order valence-electron chi connectivity index (χ2n) is 5.87. The standard InChI is InChI=1S/C14H23NO5/c1-14(2,3)20-13(18)15-9-5-6-10(15)11(16)7-8-12(17)19-4/h10H,5-9H2,1-4H3/t10-/m0/s1. The lowest BCUT2D eigenvalue weighted by molar-refractivity contribution is -0.142. The van der Waals surface area contributed by atoms with Crippen LogP contribution in [-0.2, 0) is 19.1 Å². The number of carbonyl (C=O) groups excluding carboxylic acids is 3. The summed E-state index contributed by atoms with van der Waals surface area (Å²) < 4.78 is 9.80. The van der Waals surface area contributed by atoms with E-state index in [1.165, 1.54) is 12.0 Å². The summed E-state index contributed by atoms with van der Waals surface area (Å²) in [4.78, 5) is 36.6. The van der Waals surface area contributed by atoms with Gasteiger partial charge in [0.25, 0.3) is 0 Å². The van der Waals surface area contributed by atoms with Gasteiger partial charge < -0.3 is 9.47 Å². The largest absolute Gasteiger partial charge is 0.469 e. The first-order valence-electron chi connectivity index (χ1n) is 6.84. The Hall–Kier alpha value is -1.59. The lowest BCUT2D eigenvalue weighted by atomic mass is 10.1. The molecule has 6 heteroatoms. The van der Waals surface area contributed by atoms with Crippen LogP contribution in [0.5, 0.6) is 0 Å². The van der Waals surface area contributed by atoms with Gasteiger partial charge in [-0.05, 0) is 33.6 Å². The first kappa shape index (κ1) is 16.5. The minimum atomic E-state index is -0.584. The molecule has 1 saturated heterocycles. The summed E-state index contributed by atoms with van der Waals surface area (Å²) in [6.07, 6.45) is 1.07. The van der Waals surface area contributed by atoms with Crippen molar-refractivity contribution in [2.75, 3.05) is 13.7 Å². The molecule has 1 rings (SSSR count). The summed E-state index contributed by atoms with van der Waals surface area (Å²) in [5.41, 5.74) is -0.584. The van der Waals surface area contributed by atoms with Crippen molar-refractivity contribution in [3.8, 4) is 0 Å². The van der Waals surface area contributed by atoms with Gasteiger partial charge in [-0.15, -0.1) is 0 Å². The molecular weight excluding hydrogens is 262 g/mol. The zero-order valence-corrected chi connectivity index (χ0v) is 12.6. The van der Waals surface area contributed by atoms with Crippen LogP contribution < -0.4 is 0 Å². The van der Waals surface area contributed by atoms with Crippen LogP contribution in [0.2, 0.25) is 0 Å². The number of amides is 1. The zero-order chi connectivity index (χ0) is 15.3. The predicted octanol–water partition coefficient (Wildman–Crippen LogP) is 1.91. The molecule has 1 fully saturated rings. The van der Waals surface area contributed by atoms with Gasteiger partial charge in [0, 0.05) is 13.0 Å². The average molecular weight is 285 g/mol. The molecule has 1 aliphatic rings. The summed E-state index contributed by atoms with van der Waals surface area (Å²) in [6, 6.07) is -0.477. The minimum absolute atomic E-state index is 0.0496. The van der Waals surface area contributed by atoms with E-state index in [4.69, 9.17) is 4.74 Å². The second kappa shape index (κ2) is 6.72. The smallest absolute Gasteiger partial charge is 0.410 e. The van der Waals surface area contributed by atoms with Crippen molar-refractivity contribution < 1.29 is 23.9 Å². The van der Waals surface area contributed by atoms with E-state index in [9.17, 15) is 14.4 Å². The number of ether oxygens (including phenoxy) is 2. The number of esters is 1. The average Bonchev–Trinajstić information content (AvgIpc) is 2.82. The van der Waals surface area contributed by atoms with E-state index in [0.29, 0.717) is 13.0 Å². The summed E-state index contributed by atoms with van der Waals surface area (Å²) in [5, 5.41) is 0. The van der Waals surface area contributed by atoms with Crippen LogP contribution in [0.25, 0.3) is 0 Å². The van der Waals surface area contributed by atoms with E-state index in [1.807, 2.05) is 0 Å². The third kappa shape index (κ3) is 4.83. The third-order valence-electron chi connectivity index (χ3n) is 3.06. The molecule has 0 unspecified atom stereocenters. The SMILES string of the molecule is COC(=O)CCC(=O)[C@@H]1CCCN1C(=O)OC(C)(C)C. The Morgan fingerprint density at radius 1 is 1.20 bits per heavy atom. The van der Waals surface area contributed by atoms with Crippen LogP contribution in [0.1, 0.15) is 46.5 Å². The number of ketones is 1. The zero-order valence-electron chi connectivity index (χ0n) is 12.6. The van der Waals surface area contributed by atoms with Crippen LogP contribution in [0.15, 0.2) is 0 Å². The first-order valence-corrected chi connectivity index (χ1v) is 6.84. The molecule has 0 aromatic carbocycles. The maximum atomic E-state index is 12.1. The number of methoxy groups -OCH3 is 1. The quantitative estimate of drug-likeness (QED) is 0.738. The van der Waals surface area contributed by atoms with Gasteiger partial charge in [0.15, 0.2) is 5.78 Å². The molecule has 6 nitrogen and oxygen atoms in total. The molecule has 114 valence electrons. The highest BCUT2D eigenvalue weighted by atomic mass is 16.6. The van der Waals surface area contributed by atoms with Crippen molar-refractivity contribution in [2.45, 2.75) is 58.1 Å². The minimum Gasteiger partial charge on any atom is -0.469 e. The fraction of sp³-hybridized carbons (Fsp3) is 0.786. The molecule has 1 heterocycles. The molecule has 0 spiro atoms. The summed E-state index contributed by atoms with van der Waals surface area (Å²) in [6.45, 7) is 5.88. The van der Waals surface area contributed by atoms with E-state index in [-0.39, 0.29) is 18.6 Å². The van der Waals surface area contributed by atoms with E-state index >= 15 is 0 Å². The molecule has 0 radical (unpaired) electrons. The molecule has 1 aliphatic heterocycles. The first-order chi connectivity index (χ1) is 9.24. The van der Waals surface area contributed by atoms with Crippen LogP contribution in [-0.4, -0.2) is 48.0 Å². The van der Waals surface area contributed by atoms with Gasteiger partial charge in [0.05, 0.1) is 19.6 Å². The van der Waals surface area contributed by atoms with Gasteiger partial charge in [-0.1, -0.05) is 0 Å². The number of hydrogen-bond acceptors (Lipinski definition) is 5. The van der Waals surface area contributed by atoms with Crippen molar-refractivity contribution in [1.82, 2.24) is 4.90 Å². The van der Waals surface area contributed by atoms with Crippen molar-refractivity contribution >= 4 is 17.8 Å². The highest BCUT2D eigenvalue weighted by molar-refractivity contribution is 5.90. The molecular formula is C14H23NO5. The highest BCUT2D eigenvalue weighted by Gasteiger charge is 2.36. The van der Waals surface area contributed by atoms with Crippen molar-refractivity contribution in [2.24, 2.45) is 0 Å². The maximum Gasteiger partial charge on any atom is 0.410 e. The van der Waals surface area contributed by atoms with E-state index in [1.54, 1.807) is 20.8 Å². The van der Waals surface area contributed by atoms with E-state index < -0.39 is 23.7 Å². The van der Waals surface area contributed by atoms with Crippen LogP contribution in [0.4, 0.5) is 4.79 Å². The van der Waals surface area contributed by atoms with Gasteiger partial charge in [-0.3, -0.25) is 14.5 Å². The number of rotatable bonds is 4. The molecule has 1 amide bonds. The number of Topliss-reactive ketones (excluding diaryl/α,β-unsaturated/α-hetero) is 1. The van der Waals surface area contributed by atoms with Gasteiger partial charge in [-0.2, -0.15) is 0 Å². The van der Waals surface area contributed by atoms with Gasteiger partial charge in [-0.25, -0.2) is 4.79 Å². The Labute approximate surface area is 119 Å². The van der Waals surface area contributed by atoms with Crippen LogP contribution in [0, 0.1) is 0 Å². The normalized spacial score (nSPS) is 18.8. The monoisotopic (exact) mass is 285 g/mol. The Morgan fingerprint density at radius 2 is 1.85 bits per heavy atom. The van der Waals surface area contributed by atoms with Crippen molar-refractivity contribution in [1.29, 1.82) is 0 Å². The lowest BCUT2D eigenvalue weighted by Gasteiger charge is -2.27. The Kier molecular flexibility index (Phi) is 5.53. The number of likely N-dealkylation sites (tertiary alicyclic amines) is 1. The van der Waals surface area contributed by atoms with Gasteiger partial charge in [0.2, 0.25) is 0 Å². The molecule has 0 aliphatic carbocycles. The number of hydrogen-bond donors (Lipinski definition) is 0. The number of nitrogens with zero attached hydrogens (tertiary/aromatic N) is 1. The summed E-state index contributed by atoms with van der Waals surface area (Å²) in [5.74, 6) is -0.529. The molecule has 20 heavy (non-hydrogen) atoms. The number of carbonyl (C=O) groups is 3. The highest BCUT2D eigenvalue weighted by Crippen LogP contribution is 2.22. The van der Waals surface area contributed by atoms with Gasteiger partial charge >= 0.3 is 12.1 Å². The van der Waals surface area contributed by atoms with E-state index in [0.717, 1.165) is 6.42 Å². The van der Waals surface area contributed by atoms with E-state index in [2.05, 4.69) is 4.74 Å². The lowest BCUT2D eigenvalue weighted by Crippen LogP contribution is -2.43. The fourth-order valence-electron chi connectivity index (χ4n) is 2.13. The molecule has 0 aromatic rings. The third-order valence-corrected chi connectivity index (χ3v) is 3.06. The molecule has 0 aromatic heterocycles. The van der Waals surface area contributed by atoms with Crippen molar-refractivity contribution in [3.63, 3.8) is 0 Å². The molecule has 1 atom stereocenters. The Bertz CT molecular complexity index is 386. The van der Waals surface area contributed by atoms with Gasteiger partial charge in [0.1, 0.15) is 5.60 Å². The summed E-state index contributed by atoms with van der Waals surface area (Å²) >= 11 is 0. The Morgan fingerprint density at radius 3 is 2.40 bits per heavy atom. The molecule has 0 saturated carbocycles. The molecule has 0 N–H and O–H groups in total. The predicted molar refractivity (Wildman–Crippen MR) is 72.2 cm³/mol. The van der Waals surface area contributed by atoms with Crippen LogP contribution >= 0.6 is 0 Å². The Balaban J connectivity index is 2.58. The topological polar surface area (TPSA) is 72.9 Å². The maximum absolute atomic E-state index is 12.1.